The number of anilines is 1. The highest BCUT2D eigenvalue weighted by molar-refractivity contribution is 7.14. The minimum absolute atomic E-state index is 0.315. The van der Waals surface area contributed by atoms with Gasteiger partial charge >= 0.3 is 5.97 Å². The summed E-state index contributed by atoms with van der Waals surface area (Å²) in [6.07, 6.45) is 1.44. The molecule has 4 aromatic rings. The fraction of sp³-hybridized carbons (Fsp3) is 0.100. The molecule has 2 aromatic carbocycles. The third kappa shape index (κ3) is 4.55. The molecule has 4 rings (SSSR count). The van der Waals surface area contributed by atoms with E-state index >= 15 is 0 Å². The van der Waals surface area contributed by atoms with Crippen molar-refractivity contribution in [2.24, 2.45) is 0 Å². The van der Waals surface area contributed by atoms with Crippen LogP contribution in [0, 0.1) is 6.92 Å². The van der Waals surface area contributed by atoms with Gasteiger partial charge in [0.2, 0.25) is 0 Å². The zero-order valence-corrected chi connectivity index (χ0v) is 16.7. The van der Waals surface area contributed by atoms with Crippen molar-refractivity contribution in [3.63, 3.8) is 0 Å². The molecule has 1 N–H and O–H groups in total. The first-order chi connectivity index (χ1) is 14.6. The number of carbonyl (C=O) groups excluding carboxylic acids is 2. The lowest BCUT2D eigenvalue weighted by molar-refractivity contribution is -0.119. The summed E-state index contributed by atoms with van der Waals surface area (Å²) in [5.41, 5.74) is 3.91. The maximum atomic E-state index is 12.2. The standard InChI is InChI=1S/C20H16N6O3S/c1-13-2-4-14(5-3-13)17-11-30-20(22-17)23-18(27)10-29-19(28)15-6-8-16(9-7-15)26-12-21-24-25-26/h2-9,11-12H,10H2,1H3,(H,22,23,27). The molecule has 30 heavy (non-hydrogen) atoms. The molecule has 10 heteroatoms. The van der Waals surface area contributed by atoms with Crippen molar-refractivity contribution in [1.82, 2.24) is 25.2 Å². The number of aromatic nitrogens is 5. The van der Waals surface area contributed by atoms with Gasteiger partial charge < -0.3 is 4.74 Å². The number of amides is 1. The van der Waals surface area contributed by atoms with Gasteiger partial charge in [-0.1, -0.05) is 29.8 Å². The van der Waals surface area contributed by atoms with Crippen molar-refractivity contribution >= 4 is 28.3 Å². The van der Waals surface area contributed by atoms with Crippen LogP contribution in [-0.2, 0) is 9.53 Å². The molecule has 0 aliphatic carbocycles. The Labute approximate surface area is 175 Å². The first-order valence-corrected chi connectivity index (χ1v) is 9.79. The van der Waals surface area contributed by atoms with Gasteiger partial charge in [-0.3, -0.25) is 10.1 Å². The summed E-state index contributed by atoms with van der Waals surface area (Å²) in [6, 6.07) is 14.5. The molecule has 0 atom stereocenters. The number of aryl methyl sites for hydroxylation is 1. The van der Waals surface area contributed by atoms with E-state index in [0.29, 0.717) is 16.4 Å². The number of nitrogens with one attached hydrogen (secondary N) is 1. The lowest BCUT2D eigenvalue weighted by Crippen LogP contribution is -2.20. The molecule has 0 fully saturated rings. The van der Waals surface area contributed by atoms with Crippen LogP contribution in [0.25, 0.3) is 16.9 Å². The van der Waals surface area contributed by atoms with Gasteiger partial charge in [-0.25, -0.2) is 14.5 Å². The monoisotopic (exact) mass is 420 g/mol. The fourth-order valence-corrected chi connectivity index (χ4v) is 3.32. The molecule has 150 valence electrons. The van der Waals surface area contributed by atoms with Crippen LogP contribution >= 0.6 is 11.3 Å². The van der Waals surface area contributed by atoms with Gasteiger partial charge in [0, 0.05) is 10.9 Å². The smallest absolute Gasteiger partial charge is 0.338 e. The van der Waals surface area contributed by atoms with E-state index in [0.717, 1.165) is 16.8 Å². The van der Waals surface area contributed by atoms with E-state index in [-0.39, 0.29) is 0 Å². The predicted octanol–water partition coefficient (Wildman–Crippen LogP) is 2.89. The number of thiazole rings is 1. The third-order valence-electron chi connectivity index (χ3n) is 4.15. The number of tetrazole rings is 1. The molecule has 1 amide bonds. The van der Waals surface area contributed by atoms with Crippen LogP contribution in [0.15, 0.2) is 60.2 Å². The van der Waals surface area contributed by atoms with Crippen molar-refractivity contribution in [2.75, 3.05) is 11.9 Å². The largest absolute Gasteiger partial charge is 0.452 e. The van der Waals surface area contributed by atoms with Crippen molar-refractivity contribution in [1.29, 1.82) is 0 Å². The number of nitrogens with zero attached hydrogens (tertiary/aromatic N) is 5. The van der Waals surface area contributed by atoms with Gasteiger partial charge in [-0.2, -0.15) is 0 Å². The lowest BCUT2D eigenvalue weighted by atomic mass is 10.1. The molecule has 0 aliphatic rings. The topological polar surface area (TPSA) is 112 Å². The van der Waals surface area contributed by atoms with E-state index in [1.807, 2.05) is 36.6 Å². The zero-order valence-electron chi connectivity index (χ0n) is 15.8. The summed E-state index contributed by atoms with van der Waals surface area (Å²) >= 11 is 1.31. The molecule has 0 unspecified atom stereocenters. The first kappa shape index (κ1) is 19.4. The maximum absolute atomic E-state index is 12.2. The van der Waals surface area contributed by atoms with Crippen molar-refractivity contribution in [2.45, 2.75) is 6.92 Å². The molecule has 0 aliphatic heterocycles. The molecule has 9 nitrogen and oxygen atoms in total. The Balaban J connectivity index is 1.30. The van der Waals surface area contributed by atoms with Crippen LogP contribution in [-0.4, -0.2) is 43.7 Å². The molecule has 0 bridgehead atoms. The Kier molecular flexibility index (Phi) is 5.57. The summed E-state index contributed by atoms with van der Waals surface area (Å²) in [4.78, 5) is 28.7. The second-order valence-electron chi connectivity index (χ2n) is 6.33. The summed E-state index contributed by atoms with van der Waals surface area (Å²) in [5.74, 6) is -1.06. The summed E-state index contributed by atoms with van der Waals surface area (Å²) < 4.78 is 6.54. The van der Waals surface area contributed by atoms with Crippen LogP contribution in [0.4, 0.5) is 5.13 Å². The highest BCUT2D eigenvalue weighted by atomic mass is 32.1. The minimum Gasteiger partial charge on any atom is -0.452 e. The Morgan fingerprint density at radius 1 is 1.10 bits per heavy atom. The van der Waals surface area contributed by atoms with Crippen LogP contribution in [0.1, 0.15) is 15.9 Å². The van der Waals surface area contributed by atoms with Crippen molar-refractivity contribution < 1.29 is 14.3 Å². The maximum Gasteiger partial charge on any atom is 0.338 e. The number of rotatable bonds is 6. The summed E-state index contributed by atoms with van der Waals surface area (Å²) in [5, 5.41) is 15.8. The van der Waals surface area contributed by atoms with E-state index in [9.17, 15) is 9.59 Å². The van der Waals surface area contributed by atoms with Gasteiger partial charge in [0.15, 0.2) is 11.7 Å². The number of carbonyl (C=O) groups is 2. The van der Waals surface area contributed by atoms with Gasteiger partial charge in [0.25, 0.3) is 5.91 Å². The van der Waals surface area contributed by atoms with E-state index in [2.05, 4.69) is 25.8 Å². The second-order valence-corrected chi connectivity index (χ2v) is 7.19. The van der Waals surface area contributed by atoms with Crippen LogP contribution in [0.5, 0.6) is 0 Å². The summed E-state index contributed by atoms with van der Waals surface area (Å²) in [6.45, 7) is 1.60. The number of hydrogen-bond acceptors (Lipinski definition) is 8. The van der Waals surface area contributed by atoms with E-state index in [1.54, 1.807) is 24.3 Å². The lowest BCUT2D eigenvalue weighted by Gasteiger charge is -2.05. The van der Waals surface area contributed by atoms with Crippen molar-refractivity contribution in [3.8, 4) is 16.9 Å². The molecule has 0 saturated carbocycles. The van der Waals surface area contributed by atoms with Crippen LogP contribution in [0.2, 0.25) is 0 Å². The summed E-state index contributed by atoms with van der Waals surface area (Å²) in [7, 11) is 0. The molecule has 2 heterocycles. The number of ether oxygens (including phenoxy) is 1. The quantitative estimate of drug-likeness (QED) is 0.477. The highest BCUT2D eigenvalue weighted by Gasteiger charge is 2.13. The first-order valence-electron chi connectivity index (χ1n) is 8.91. The molecule has 0 radical (unpaired) electrons. The van der Waals surface area contributed by atoms with Crippen LogP contribution < -0.4 is 5.32 Å². The Morgan fingerprint density at radius 3 is 2.57 bits per heavy atom. The average molecular weight is 420 g/mol. The molecular weight excluding hydrogens is 404 g/mol. The molecular formula is C20H16N6O3S. The second kappa shape index (κ2) is 8.62. The zero-order chi connectivity index (χ0) is 20.9. The Bertz CT molecular complexity index is 1150. The van der Waals surface area contributed by atoms with Gasteiger partial charge in [-0.15, -0.1) is 16.4 Å². The van der Waals surface area contributed by atoms with E-state index < -0.39 is 18.5 Å². The third-order valence-corrected chi connectivity index (χ3v) is 4.91. The van der Waals surface area contributed by atoms with Crippen LogP contribution in [0.3, 0.4) is 0 Å². The van der Waals surface area contributed by atoms with E-state index in [4.69, 9.17) is 4.74 Å². The Hall–Kier alpha value is -3.92. The van der Waals surface area contributed by atoms with Crippen molar-refractivity contribution in [3.05, 3.63) is 71.4 Å². The normalized spacial score (nSPS) is 10.6. The average Bonchev–Trinajstić information content (AvgIpc) is 3.45. The molecule has 0 saturated heterocycles. The number of benzene rings is 2. The predicted molar refractivity (Wildman–Crippen MR) is 110 cm³/mol. The van der Waals surface area contributed by atoms with Gasteiger partial charge in [0.05, 0.1) is 16.9 Å². The van der Waals surface area contributed by atoms with E-state index in [1.165, 1.54) is 22.3 Å². The van der Waals surface area contributed by atoms with Gasteiger partial charge in [0.1, 0.15) is 6.33 Å². The van der Waals surface area contributed by atoms with Gasteiger partial charge in [-0.05, 0) is 41.6 Å². The fourth-order valence-electron chi connectivity index (χ4n) is 2.59. The molecule has 2 aromatic heterocycles. The highest BCUT2D eigenvalue weighted by Crippen LogP contribution is 2.25. The Morgan fingerprint density at radius 2 is 1.87 bits per heavy atom. The minimum atomic E-state index is -0.604. The SMILES string of the molecule is Cc1ccc(-c2csc(NC(=O)COC(=O)c3ccc(-n4cnnn4)cc3)n2)cc1. The molecule has 0 spiro atoms. The number of esters is 1. The number of hydrogen-bond donors (Lipinski definition) is 1.